The third-order valence-corrected chi connectivity index (χ3v) is 6.41. The minimum absolute atomic E-state index is 0. The van der Waals surface area contributed by atoms with Crippen molar-refractivity contribution in [1.29, 1.82) is 0 Å². The number of guanidine groups is 1. The Kier molecular flexibility index (Phi) is 9.29. The zero-order chi connectivity index (χ0) is 21.8. The number of fused-ring (bicyclic) bond motifs is 1. The van der Waals surface area contributed by atoms with Crippen LogP contribution in [-0.4, -0.2) is 40.4 Å². The van der Waals surface area contributed by atoms with E-state index in [4.69, 9.17) is 9.73 Å². The van der Waals surface area contributed by atoms with Crippen LogP contribution in [-0.2, 0) is 30.9 Å². The SMILES string of the molecule is CCNC(=NCc1c(C)c(C)c(C)c(C)c1C)NC1CCc2nc(COC)nn2C1.I. The van der Waals surface area contributed by atoms with Crippen molar-refractivity contribution in [3.63, 3.8) is 0 Å². The van der Waals surface area contributed by atoms with Gasteiger partial charge < -0.3 is 15.4 Å². The molecule has 31 heavy (non-hydrogen) atoms. The Morgan fingerprint density at radius 2 is 1.74 bits per heavy atom. The molecule has 0 spiro atoms. The van der Waals surface area contributed by atoms with Gasteiger partial charge in [0.25, 0.3) is 0 Å². The van der Waals surface area contributed by atoms with Gasteiger partial charge in [0, 0.05) is 26.1 Å². The summed E-state index contributed by atoms with van der Waals surface area (Å²) in [7, 11) is 1.67. The first-order chi connectivity index (χ1) is 14.3. The summed E-state index contributed by atoms with van der Waals surface area (Å²) in [5.74, 6) is 2.65. The molecule has 1 atom stereocenters. The van der Waals surface area contributed by atoms with Crippen molar-refractivity contribution in [1.82, 2.24) is 25.4 Å². The number of aryl methyl sites for hydroxylation is 1. The zero-order valence-corrected chi connectivity index (χ0v) is 22.3. The van der Waals surface area contributed by atoms with Gasteiger partial charge in [-0.05, 0) is 81.3 Å². The first kappa shape index (κ1) is 25.6. The molecular formula is C23H37IN6O. The Labute approximate surface area is 203 Å². The standard InChI is InChI=1S/C23H36N6O.HI/c1-8-24-23(25-11-20-17(5)15(3)14(2)16(4)18(20)6)26-19-9-10-22-27-21(13-30-7)28-29(22)12-19;/h19H,8-13H2,1-7H3,(H2,24,25,26);1H. The average Bonchev–Trinajstić information content (AvgIpc) is 3.13. The molecule has 1 unspecified atom stereocenters. The highest BCUT2D eigenvalue weighted by molar-refractivity contribution is 14.0. The van der Waals surface area contributed by atoms with E-state index in [9.17, 15) is 0 Å². The first-order valence-electron chi connectivity index (χ1n) is 10.9. The van der Waals surface area contributed by atoms with Crippen molar-refractivity contribution in [2.45, 2.75) is 80.1 Å². The highest BCUT2D eigenvalue weighted by Crippen LogP contribution is 2.26. The number of aliphatic imine (C=N–C) groups is 1. The lowest BCUT2D eigenvalue weighted by Gasteiger charge is -2.25. The fraction of sp³-hybridized carbons (Fsp3) is 0.609. The molecule has 0 amide bonds. The second-order valence-corrected chi connectivity index (χ2v) is 8.24. The van der Waals surface area contributed by atoms with Crippen molar-refractivity contribution in [3.8, 4) is 0 Å². The lowest BCUT2D eigenvalue weighted by Crippen LogP contribution is -2.47. The molecule has 0 radical (unpaired) electrons. The average molecular weight is 540 g/mol. The number of nitrogens with zero attached hydrogens (tertiary/aromatic N) is 4. The molecule has 0 fully saturated rings. The predicted octanol–water partition coefficient (Wildman–Crippen LogP) is 3.65. The Balaban J connectivity index is 0.00000341. The number of hydrogen-bond donors (Lipinski definition) is 2. The van der Waals surface area contributed by atoms with Gasteiger partial charge in [-0.1, -0.05) is 0 Å². The van der Waals surface area contributed by atoms with Crippen molar-refractivity contribution >= 4 is 29.9 Å². The number of halogens is 1. The molecule has 2 heterocycles. The number of benzene rings is 1. The van der Waals surface area contributed by atoms with Crippen LogP contribution in [0.4, 0.5) is 0 Å². The lowest BCUT2D eigenvalue weighted by molar-refractivity contribution is 0.177. The summed E-state index contributed by atoms with van der Waals surface area (Å²) >= 11 is 0. The van der Waals surface area contributed by atoms with Gasteiger partial charge in [0.05, 0.1) is 13.1 Å². The van der Waals surface area contributed by atoms with E-state index < -0.39 is 0 Å². The molecule has 1 aromatic heterocycles. The Morgan fingerprint density at radius 1 is 1.10 bits per heavy atom. The van der Waals surface area contributed by atoms with E-state index in [1.165, 1.54) is 33.4 Å². The second kappa shape index (κ2) is 11.3. The highest BCUT2D eigenvalue weighted by atomic mass is 127. The molecule has 1 aliphatic rings. The molecule has 2 N–H and O–H groups in total. The summed E-state index contributed by atoms with van der Waals surface area (Å²) in [4.78, 5) is 9.49. The first-order valence-corrected chi connectivity index (χ1v) is 10.9. The molecule has 2 aromatic rings. The third-order valence-electron chi connectivity index (χ3n) is 6.41. The van der Waals surface area contributed by atoms with Gasteiger partial charge in [0.1, 0.15) is 12.4 Å². The number of hydrogen-bond acceptors (Lipinski definition) is 4. The molecule has 0 bridgehead atoms. The Bertz CT molecular complexity index is 908. The maximum atomic E-state index is 5.16. The summed E-state index contributed by atoms with van der Waals surface area (Å²) in [5.41, 5.74) is 8.18. The molecule has 3 rings (SSSR count). The minimum Gasteiger partial charge on any atom is -0.377 e. The van der Waals surface area contributed by atoms with E-state index in [0.717, 1.165) is 43.5 Å². The van der Waals surface area contributed by atoms with Crippen LogP contribution in [0.3, 0.4) is 0 Å². The molecule has 0 saturated heterocycles. The van der Waals surface area contributed by atoms with E-state index in [-0.39, 0.29) is 30.0 Å². The van der Waals surface area contributed by atoms with Gasteiger partial charge in [-0.2, -0.15) is 5.10 Å². The molecule has 0 aliphatic carbocycles. The molecule has 7 nitrogen and oxygen atoms in total. The van der Waals surface area contributed by atoms with E-state index in [1.54, 1.807) is 7.11 Å². The Hall–Kier alpha value is -1.68. The predicted molar refractivity (Wildman–Crippen MR) is 136 cm³/mol. The topological polar surface area (TPSA) is 76.4 Å². The largest absolute Gasteiger partial charge is 0.377 e. The third kappa shape index (κ3) is 5.77. The van der Waals surface area contributed by atoms with Crippen LogP contribution >= 0.6 is 24.0 Å². The van der Waals surface area contributed by atoms with Gasteiger partial charge in [0.2, 0.25) is 0 Å². The number of aromatic nitrogens is 3. The normalized spacial score (nSPS) is 16.0. The van der Waals surface area contributed by atoms with Crippen molar-refractivity contribution < 1.29 is 4.74 Å². The van der Waals surface area contributed by atoms with E-state index >= 15 is 0 Å². The Morgan fingerprint density at radius 3 is 2.35 bits per heavy atom. The second-order valence-electron chi connectivity index (χ2n) is 8.24. The van der Waals surface area contributed by atoms with Crippen molar-refractivity contribution in [3.05, 3.63) is 45.0 Å². The molecule has 1 aromatic carbocycles. The van der Waals surface area contributed by atoms with Crippen LogP contribution in [0, 0.1) is 34.6 Å². The zero-order valence-electron chi connectivity index (χ0n) is 19.9. The maximum absolute atomic E-state index is 5.16. The molecule has 8 heteroatoms. The van der Waals surface area contributed by atoms with Crippen LogP contribution in [0.15, 0.2) is 4.99 Å². The van der Waals surface area contributed by atoms with E-state index in [0.29, 0.717) is 13.2 Å². The quantitative estimate of drug-likeness (QED) is 0.333. The monoisotopic (exact) mass is 540 g/mol. The molecule has 0 saturated carbocycles. The lowest BCUT2D eigenvalue weighted by atomic mass is 9.90. The number of nitrogens with one attached hydrogen (secondary N) is 2. The van der Waals surface area contributed by atoms with Gasteiger partial charge in [-0.15, -0.1) is 24.0 Å². The van der Waals surface area contributed by atoms with E-state index in [2.05, 4.69) is 62.3 Å². The molecule has 1 aliphatic heterocycles. The number of ether oxygens (including phenoxy) is 1. The fourth-order valence-electron chi connectivity index (χ4n) is 4.16. The van der Waals surface area contributed by atoms with Crippen LogP contribution in [0.2, 0.25) is 0 Å². The maximum Gasteiger partial charge on any atom is 0.191 e. The summed E-state index contributed by atoms with van der Waals surface area (Å²) in [5, 5.41) is 11.6. The summed E-state index contributed by atoms with van der Waals surface area (Å²) in [6, 6.07) is 0.274. The van der Waals surface area contributed by atoms with Gasteiger partial charge in [-0.25, -0.2) is 14.7 Å². The summed E-state index contributed by atoms with van der Waals surface area (Å²) in [6.07, 6.45) is 1.92. The minimum atomic E-state index is 0. The van der Waals surface area contributed by atoms with Crippen LogP contribution in [0.1, 0.15) is 58.4 Å². The van der Waals surface area contributed by atoms with Gasteiger partial charge in [-0.3, -0.25) is 0 Å². The smallest absolute Gasteiger partial charge is 0.191 e. The highest BCUT2D eigenvalue weighted by Gasteiger charge is 2.22. The van der Waals surface area contributed by atoms with Crippen LogP contribution in [0.5, 0.6) is 0 Å². The number of methoxy groups -OCH3 is 1. The van der Waals surface area contributed by atoms with Crippen molar-refractivity contribution in [2.24, 2.45) is 4.99 Å². The van der Waals surface area contributed by atoms with Gasteiger partial charge in [0.15, 0.2) is 11.8 Å². The summed E-state index contributed by atoms with van der Waals surface area (Å²) in [6.45, 7) is 15.9. The van der Waals surface area contributed by atoms with Crippen molar-refractivity contribution in [2.75, 3.05) is 13.7 Å². The molecule has 172 valence electrons. The fourth-order valence-corrected chi connectivity index (χ4v) is 4.16. The van der Waals surface area contributed by atoms with Crippen LogP contribution < -0.4 is 10.6 Å². The number of rotatable bonds is 6. The molecular weight excluding hydrogens is 503 g/mol. The van der Waals surface area contributed by atoms with E-state index in [1.807, 2.05) is 4.68 Å². The summed E-state index contributed by atoms with van der Waals surface area (Å²) < 4.78 is 7.16. The van der Waals surface area contributed by atoms with Gasteiger partial charge >= 0.3 is 0 Å². The van der Waals surface area contributed by atoms with Crippen LogP contribution in [0.25, 0.3) is 0 Å².